The van der Waals surface area contributed by atoms with Crippen molar-refractivity contribution in [3.05, 3.63) is 24.2 Å². The van der Waals surface area contributed by atoms with Crippen LogP contribution in [0.25, 0.3) is 0 Å². The molecule has 0 aliphatic rings. The Morgan fingerprint density at radius 2 is 2.43 bits per heavy atom. The maximum atomic E-state index is 11.5. The third-order valence-electron chi connectivity index (χ3n) is 1.99. The highest BCUT2D eigenvalue weighted by atomic mass is 32.1. The zero-order chi connectivity index (χ0) is 10.4. The van der Waals surface area contributed by atoms with Crippen molar-refractivity contribution in [2.45, 2.75) is 19.9 Å². The van der Waals surface area contributed by atoms with Gasteiger partial charge < -0.3 is 9.32 Å². The van der Waals surface area contributed by atoms with Crippen LogP contribution in [0.5, 0.6) is 0 Å². The van der Waals surface area contributed by atoms with Crippen LogP contribution in [-0.4, -0.2) is 23.1 Å². The van der Waals surface area contributed by atoms with Gasteiger partial charge in [0.05, 0.1) is 12.8 Å². The number of nitrogens with zero attached hydrogens (tertiary/aromatic N) is 1. The molecule has 0 unspecified atom stereocenters. The molecule has 0 N–H and O–H groups in total. The van der Waals surface area contributed by atoms with E-state index in [-0.39, 0.29) is 5.91 Å². The Labute approximate surface area is 89.5 Å². The average molecular weight is 213 g/mol. The third-order valence-corrected chi connectivity index (χ3v) is 2.21. The zero-order valence-corrected chi connectivity index (χ0v) is 9.17. The molecule has 0 bridgehead atoms. The number of carbonyl (C=O) groups excluding carboxylic acids is 1. The summed E-state index contributed by atoms with van der Waals surface area (Å²) in [5, 5.41) is 0. The highest BCUT2D eigenvalue weighted by molar-refractivity contribution is 7.80. The number of thiol groups is 1. The maximum Gasteiger partial charge on any atom is 0.223 e. The zero-order valence-electron chi connectivity index (χ0n) is 8.27. The molecule has 1 aromatic heterocycles. The Hall–Kier alpha value is -0.900. The molecule has 0 aliphatic carbocycles. The van der Waals surface area contributed by atoms with E-state index in [9.17, 15) is 4.79 Å². The Balaban J connectivity index is 2.50. The number of furan rings is 1. The first-order valence-corrected chi connectivity index (χ1v) is 5.32. The van der Waals surface area contributed by atoms with Gasteiger partial charge in [-0.3, -0.25) is 4.79 Å². The minimum atomic E-state index is 0.124. The van der Waals surface area contributed by atoms with Crippen LogP contribution >= 0.6 is 12.6 Å². The monoisotopic (exact) mass is 213 g/mol. The van der Waals surface area contributed by atoms with E-state index >= 15 is 0 Å². The van der Waals surface area contributed by atoms with Crippen molar-refractivity contribution in [1.82, 2.24) is 4.90 Å². The van der Waals surface area contributed by atoms with Crippen LogP contribution in [0.15, 0.2) is 22.8 Å². The molecule has 0 spiro atoms. The fourth-order valence-corrected chi connectivity index (χ4v) is 1.41. The van der Waals surface area contributed by atoms with Crippen LogP contribution in [0.2, 0.25) is 0 Å². The van der Waals surface area contributed by atoms with Crippen molar-refractivity contribution in [1.29, 1.82) is 0 Å². The summed E-state index contributed by atoms with van der Waals surface area (Å²) in [6.07, 6.45) is 2.10. The van der Waals surface area contributed by atoms with Gasteiger partial charge in [-0.1, -0.05) is 0 Å². The highest BCUT2D eigenvalue weighted by Crippen LogP contribution is 2.06. The summed E-state index contributed by atoms with van der Waals surface area (Å²) in [5.41, 5.74) is 0. The molecule has 0 atom stereocenters. The quantitative estimate of drug-likeness (QED) is 0.758. The first-order chi connectivity index (χ1) is 6.77. The Morgan fingerprint density at radius 1 is 1.64 bits per heavy atom. The van der Waals surface area contributed by atoms with E-state index in [1.807, 2.05) is 19.1 Å². The predicted molar refractivity (Wildman–Crippen MR) is 58.3 cm³/mol. The second kappa shape index (κ2) is 5.75. The van der Waals surface area contributed by atoms with Crippen LogP contribution in [0, 0.1) is 0 Å². The molecule has 14 heavy (non-hydrogen) atoms. The molecular weight excluding hydrogens is 198 g/mol. The average Bonchev–Trinajstić information content (AvgIpc) is 2.66. The van der Waals surface area contributed by atoms with Crippen molar-refractivity contribution in [2.75, 3.05) is 12.3 Å². The minimum Gasteiger partial charge on any atom is -0.467 e. The summed E-state index contributed by atoms with van der Waals surface area (Å²) < 4.78 is 5.18. The molecule has 0 aliphatic heterocycles. The third kappa shape index (κ3) is 3.10. The molecule has 0 saturated heterocycles. The minimum absolute atomic E-state index is 0.124. The Kier molecular flexibility index (Phi) is 4.59. The van der Waals surface area contributed by atoms with Crippen molar-refractivity contribution in [2.24, 2.45) is 0 Å². The van der Waals surface area contributed by atoms with Gasteiger partial charge in [-0.2, -0.15) is 12.6 Å². The lowest BCUT2D eigenvalue weighted by Gasteiger charge is -2.18. The molecule has 1 amide bonds. The van der Waals surface area contributed by atoms with Crippen LogP contribution in [-0.2, 0) is 11.3 Å². The number of amides is 1. The molecule has 0 aromatic carbocycles. The molecule has 0 saturated carbocycles. The Bertz CT molecular complexity index is 272. The highest BCUT2D eigenvalue weighted by Gasteiger charge is 2.11. The summed E-state index contributed by atoms with van der Waals surface area (Å²) in [7, 11) is 0. The van der Waals surface area contributed by atoms with Gasteiger partial charge in [-0.15, -0.1) is 0 Å². The van der Waals surface area contributed by atoms with Crippen molar-refractivity contribution < 1.29 is 9.21 Å². The van der Waals surface area contributed by atoms with Gasteiger partial charge in [0, 0.05) is 13.0 Å². The normalized spacial score (nSPS) is 10.1. The summed E-state index contributed by atoms with van der Waals surface area (Å²) >= 11 is 4.04. The second-order valence-electron chi connectivity index (χ2n) is 2.96. The lowest BCUT2D eigenvalue weighted by molar-refractivity contribution is -0.131. The van der Waals surface area contributed by atoms with E-state index in [0.717, 1.165) is 5.76 Å². The Morgan fingerprint density at radius 3 is 2.93 bits per heavy atom. The number of carbonyl (C=O) groups is 1. The van der Waals surface area contributed by atoms with Crippen molar-refractivity contribution in [3.63, 3.8) is 0 Å². The smallest absolute Gasteiger partial charge is 0.223 e. The summed E-state index contributed by atoms with van der Waals surface area (Å²) in [6.45, 7) is 3.21. The van der Waals surface area contributed by atoms with Gasteiger partial charge in [0.25, 0.3) is 0 Å². The van der Waals surface area contributed by atoms with Gasteiger partial charge in [-0.05, 0) is 24.8 Å². The summed E-state index contributed by atoms with van der Waals surface area (Å²) in [4.78, 5) is 13.3. The standard InChI is InChI=1S/C10H15NO2S/c1-2-11(10(12)5-7-14)8-9-4-3-6-13-9/h3-4,6,14H,2,5,7-8H2,1H3. The molecule has 1 aromatic rings. The molecule has 78 valence electrons. The number of hydrogen-bond donors (Lipinski definition) is 1. The van der Waals surface area contributed by atoms with Crippen LogP contribution < -0.4 is 0 Å². The second-order valence-corrected chi connectivity index (χ2v) is 3.41. The van der Waals surface area contributed by atoms with E-state index in [4.69, 9.17) is 4.42 Å². The van der Waals surface area contributed by atoms with Gasteiger partial charge in [0.1, 0.15) is 5.76 Å². The number of rotatable bonds is 5. The van der Waals surface area contributed by atoms with E-state index in [2.05, 4.69) is 12.6 Å². The fraction of sp³-hybridized carbons (Fsp3) is 0.500. The van der Waals surface area contributed by atoms with Gasteiger partial charge in [0.2, 0.25) is 5.91 Å². The SMILES string of the molecule is CCN(Cc1ccco1)C(=O)CCS. The fourth-order valence-electron chi connectivity index (χ4n) is 1.22. The van der Waals surface area contributed by atoms with Gasteiger partial charge >= 0.3 is 0 Å². The topological polar surface area (TPSA) is 33.5 Å². The lowest BCUT2D eigenvalue weighted by atomic mass is 10.3. The molecule has 1 heterocycles. The number of hydrogen-bond acceptors (Lipinski definition) is 3. The molecule has 1 rings (SSSR count). The molecular formula is C10H15NO2S. The van der Waals surface area contributed by atoms with Gasteiger partial charge in [-0.25, -0.2) is 0 Å². The molecule has 0 radical (unpaired) electrons. The van der Waals surface area contributed by atoms with Gasteiger partial charge in [0.15, 0.2) is 0 Å². The van der Waals surface area contributed by atoms with E-state index < -0.39 is 0 Å². The van der Waals surface area contributed by atoms with Crippen LogP contribution in [0.4, 0.5) is 0 Å². The maximum absolute atomic E-state index is 11.5. The first-order valence-electron chi connectivity index (χ1n) is 4.69. The lowest BCUT2D eigenvalue weighted by Crippen LogP contribution is -2.30. The largest absolute Gasteiger partial charge is 0.467 e. The van der Waals surface area contributed by atoms with Crippen molar-refractivity contribution >= 4 is 18.5 Å². The van der Waals surface area contributed by atoms with Crippen molar-refractivity contribution in [3.8, 4) is 0 Å². The summed E-state index contributed by atoms with van der Waals surface area (Å²) in [6, 6.07) is 3.70. The summed E-state index contributed by atoms with van der Waals surface area (Å²) in [5.74, 6) is 1.53. The first kappa shape index (κ1) is 11.2. The molecule has 3 nitrogen and oxygen atoms in total. The molecule has 4 heteroatoms. The molecule has 0 fully saturated rings. The van der Waals surface area contributed by atoms with E-state index in [1.165, 1.54) is 0 Å². The predicted octanol–water partition coefficient (Wildman–Crippen LogP) is 1.95. The van der Waals surface area contributed by atoms with Crippen LogP contribution in [0.1, 0.15) is 19.1 Å². The van der Waals surface area contributed by atoms with E-state index in [0.29, 0.717) is 25.3 Å². The van der Waals surface area contributed by atoms with E-state index in [1.54, 1.807) is 11.2 Å². The van der Waals surface area contributed by atoms with Crippen LogP contribution in [0.3, 0.4) is 0 Å².